The van der Waals surface area contributed by atoms with Crippen LogP contribution in [0.3, 0.4) is 0 Å². The first kappa shape index (κ1) is 31.6. The molecule has 2 aromatic carbocycles. The average molecular weight is 641 g/mol. The zero-order valence-electron chi connectivity index (χ0n) is 24.3. The van der Waals surface area contributed by atoms with E-state index in [4.69, 9.17) is 16.3 Å². The number of carboxylic acid groups (broad SMARTS) is 1. The number of aromatic carboxylic acids is 1. The lowest BCUT2D eigenvalue weighted by atomic mass is 10.1. The quantitative estimate of drug-likeness (QED) is 0.251. The molecule has 1 saturated heterocycles. The minimum Gasteiger partial charge on any atom is -0.477 e. The molecular formula is C31H28ClF3N6O4. The molecule has 1 aliphatic rings. The number of carbonyl (C=O) groups is 1. The second-order valence-electron chi connectivity index (χ2n) is 10.5. The van der Waals surface area contributed by atoms with Crippen molar-refractivity contribution >= 4 is 40.0 Å². The van der Waals surface area contributed by atoms with Crippen LogP contribution in [0.25, 0.3) is 16.6 Å². The molecule has 0 saturated carbocycles. The lowest BCUT2D eigenvalue weighted by molar-refractivity contribution is -0.0955. The van der Waals surface area contributed by atoms with Crippen LogP contribution in [0, 0.1) is 17.1 Å². The molecule has 1 fully saturated rings. The number of pyridine rings is 2. The summed E-state index contributed by atoms with van der Waals surface area (Å²) in [6.45, 7) is 4.12. The van der Waals surface area contributed by atoms with E-state index in [1.165, 1.54) is 9.47 Å². The number of piperazine rings is 1. The summed E-state index contributed by atoms with van der Waals surface area (Å²) in [7, 11) is 1.94. The van der Waals surface area contributed by atoms with Gasteiger partial charge in [-0.3, -0.25) is 4.79 Å². The van der Waals surface area contributed by atoms with Crippen LogP contribution in [-0.4, -0.2) is 70.9 Å². The van der Waals surface area contributed by atoms with E-state index in [-0.39, 0.29) is 37.4 Å². The Morgan fingerprint density at radius 2 is 1.84 bits per heavy atom. The van der Waals surface area contributed by atoms with Gasteiger partial charge in [0.25, 0.3) is 0 Å². The van der Waals surface area contributed by atoms with Crippen molar-refractivity contribution in [3.63, 3.8) is 0 Å². The van der Waals surface area contributed by atoms with E-state index in [1.807, 2.05) is 18.9 Å². The molecule has 10 nitrogen and oxygen atoms in total. The van der Waals surface area contributed by atoms with Gasteiger partial charge in [0, 0.05) is 62.4 Å². The SMILES string of the molecule is CCN(C)Cc1ccc(-n2cc(C(=O)O)c(=O)c3cc(F)c(N4CCN(c5ncccc5C#N)CC4)c(OC(F)(F)Cl)c32)cc1. The normalized spacial score (nSPS) is 13.7. The molecule has 0 aliphatic carbocycles. The van der Waals surface area contributed by atoms with Crippen molar-refractivity contribution in [1.29, 1.82) is 5.26 Å². The number of anilines is 2. The van der Waals surface area contributed by atoms with Crippen molar-refractivity contribution < 1.29 is 27.8 Å². The van der Waals surface area contributed by atoms with Gasteiger partial charge in [0.1, 0.15) is 28.7 Å². The first-order valence-corrected chi connectivity index (χ1v) is 14.3. The van der Waals surface area contributed by atoms with Gasteiger partial charge in [0.15, 0.2) is 11.6 Å². The Balaban J connectivity index is 1.68. The third-order valence-electron chi connectivity index (χ3n) is 7.63. The van der Waals surface area contributed by atoms with Crippen molar-refractivity contribution in [3.05, 3.63) is 87.6 Å². The molecule has 0 unspecified atom stereocenters. The molecular weight excluding hydrogens is 613 g/mol. The second kappa shape index (κ2) is 12.7. The van der Waals surface area contributed by atoms with Crippen LogP contribution in [0.4, 0.5) is 24.7 Å². The number of alkyl halides is 3. The van der Waals surface area contributed by atoms with Crippen LogP contribution in [0.5, 0.6) is 5.75 Å². The lowest BCUT2D eigenvalue weighted by Crippen LogP contribution is -2.47. The summed E-state index contributed by atoms with van der Waals surface area (Å²) in [6, 6.07) is 13.0. The number of benzene rings is 2. The number of fused-ring (bicyclic) bond motifs is 1. The molecule has 5 rings (SSSR count). The van der Waals surface area contributed by atoms with Gasteiger partial charge in [0.2, 0.25) is 5.43 Å². The molecule has 0 bridgehead atoms. The monoisotopic (exact) mass is 640 g/mol. The van der Waals surface area contributed by atoms with Crippen LogP contribution < -0.4 is 20.0 Å². The zero-order chi connectivity index (χ0) is 32.5. The minimum absolute atomic E-state index is 0.102. The Bertz CT molecular complexity index is 1850. The number of hydrogen-bond acceptors (Lipinski definition) is 8. The van der Waals surface area contributed by atoms with Crippen LogP contribution in [0.1, 0.15) is 28.4 Å². The first-order valence-electron chi connectivity index (χ1n) is 14.0. The second-order valence-corrected chi connectivity index (χ2v) is 10.9. The van der Waals surface area contributed by atoms with Crippen LogP contribution in [-0.2, 0) is 6.54 Å². The fourth-order valence-corrected chi connectivity index (χ4v) is 5.42. The van der Waals surface area contributed by atoms with Crippen molar-refractivity contribution in [2.24, 2.45) is 0 Å². The van der Waals surface area contributed by atoms with Gasteiger partial charge < -0.3 is 29.1 Å². The van der Waals surface area contributed by atoms with Crippen molar-refractivity contribution in [2.75, 3.05) is 49.6 Å². The smallest absolute Gasteiger partial charge is 0.477 e. The third kappa shape index (κ3) is 6.52. The number of nitriles is 1. The van der Waals surface area contributed by atoms with E-state index in [9.17, 15) is 28.7 Å². The Morgan fingerprint density at radius 1 is 1.18 bits per heavy atom. The highest BCUT2D eigenvalue weighted by molar-refractivity contribution is 6.21. The molecule has 4 aromatic rings. The molecule has 0 radical (unpaired) electrons. The van der Waals surface area contributed by atoms with E-state index < -0.39 is 39.5 Å². The lowest BCUT2D eigenvalue weighted by Gasteiger charge is -2.38. The Morgan fingerprint density at radius 3 is 2.44 bits per heavy atom. The topological polar surface area (TPSA) is 115 Å². The molecule has 1 aliphatic heterocycles. The molecule has 45 heavy (non-hydrogen) atoms. The van der Waals surface area contributed by atoms with E-state index in [2.05, 4.69) is 16.0 Å². The van der Waals surface area contributed by atoms with E-state index in [1.54, 1.807) is 42.6 Å². The van der Waals surface area contributed by atoms with Crippen molar-refractivity contribution in [1.82, 2.24) is 14.5 Å². The Hall–Kier alpha value is -4.80. The van der Waals surface area contributed by atoms with E-state index >= 15 is 4.39 Å². The summed E-state index contributed by atoms with van der Waals surface area (Å²) in [5.74, 6) is -2.94. The minimum atomic E-state index is -4.31. The highest BCUT2D eigenvalue weighted by Gasteiger charge is 2.35. The van der Waals surface area contributed by atoms with Crippen LogP contribution >= 0.6 is 11.6 Å². The van der Waals surface area contributed by atoms with Gasteiger partial charge in [-0.15, -0.1) is 8.78 Å². The summed E-state index contributed by atoms with van der Waals surface area (Å²) in [4.78, 5) is 35.0. The molecule has 1 N–H and O–H groups in total. The van der Waals surface area contributed by atoms with Gasteiger partial charge in [0.05, 0.1) is 10.9 Å². The summed E-state index contributed by atoms with van der Waals surface area (Å²) in [6.07, 6.45) is 2.54. The van der Waals surface area contributed by atoms with E-state index in [0.717, 1.165) is 24.4 Å². The number of carboxylic acids is 1. The zero-order valence-corrected chi connectivity index (χ0v) is 25.1. The summed E-state index contributed by atoms with van der Waals surface area (Å²) in [5, 5.41) is 18.8. The molecule has 234 valence electrons. The fourth-order valence-electron chi connectivity index (χ4n) is 5.34. The van der Waals surface area contributed by atoms with Gasteiger partial charge in [-0.05, 0) is 49.5 Å². The maximum absolute atomic E-state index is 16.0. The maximum Gasteiger partial charge on any atom is 0.487 e. The Labute approximate surface area is 261 Å². The van der Waals surface area contributed by atoms with Crippen LogP contribution in [0.15, 0.2) is 59.7 Å². The number of ether oxygens (including phenoxy) is 1. The molecule has 2 aromatic heterocycles. The number of halogens is 4. The summed E-state index contributed by atoms with van der Waals surface area (Å²) in [5.41, 5.74) is -5.15. The summed E-state index contributed by atoms with van der Waals surface area (Å²) >= 11 is 5.24. The van der Waals surface area contributed by atoms with Gasteiger partial charge >= 0.3 is 11.5 Å². The van der Waals surface area contributed by atoms with Gasteiger partial charge in [-0.1, -0.05) is 19.1 Å². The van der Waals surface area contributed by atoms with Crippen LogP contribution in [0.2, 0.25) is 0 Å². The Kier molecular flexibility index (Phi) is 8.90. The molecule has 14 heteroatoms. The van der Waals surface area contributed by atoms with Gasteiger partial charge in [-0.2, -0.15) is 5.26 Å². The predicted molar refractivity (Wildman–Crippen MR) is 163 cm³/mol. The average Bonchev–Trinajstić information content (AvgIpc) is 3.01. The predicted octanol–water partition coefficient (Wildman–Crippen LogP) is 5.04. The number of nitrogens with zero attached hydrogens (tertiary/aromatic N) is 6. The molecule has 0 amide bonds. The standard InChI is InChI=1S/C31H28ClF3N6O4/c1-3-38(2)17-19-6-8-21(9-7-19)41-18-23(30(43)44)27(42)22-15-24(33)26(28(25(22)41)45-31(32,34)35)39-11-13-40(14-12-39)29-20(16-36)5-4-10-37-29/h4-10,15,18H,3,11-14,17H2,1-2H3,(H,43,44). The molecule has 0 spiro atoms. The van der Waals surface area contributed by atoms with E-state index in [0.29, 0.717) is 23.6 Å². The number of hydrogen-bond donors (Lipinski definition) is 1. The molecule has 0 atom stereocenters. The van der Waals surface area contributed by atoms with Crippen molar-refractivity contribution in [3.8, 4) is 17.5 Å². The fraction of sp³-hybridized carbons (Fsp3) is 0.290. The highest BCUT2D eigenvalue weighted by atomic mass is 35.5. The third-order valence-corrected chi connectivity index (χ3v) is 7.71. The largest absolute Gasteiger partial charge is 0.487 e. The number of rotatable bonds is 9. The highest BCUT2D eigenvalue weighted by Crippen LogP contribution is 2.43. The number of aromatic nitrogens is 2. The molecule has 3 heterocycles. The summed E-state index contributed by atoms with van der Waals surface area (Å²) < 4.78 is 50.9. The first-order chi connectivity index (χ1) is 21.4. The van der Waals surface area contributed by atoms with Gasteiger partial charge in [-0.25, -0.2) is 14.2 Å². The van der Waals surface area contributed by atoms with Crippen molar-refractivity contribution in [2.45, 2.75) is 19.0 Å². The maximum atomic E-state index is 16.0.